The Morgan fingerprint density at radius 3 is 3.00 bits per heavy atom. The summed E-state index contributed by atoms with van der Waals surface area (Å²) < 4.78 is 13.3. The molecule has 1 amide bonds. The predicted molar refractivity (Wildman–Crippen MR) is 57.8 cm³/mol. The van der Waals surface area contributed by atoms with E-state index < -0.39 is 0 Å². The van der Waals surface area contributed by atoms with E-state index in [0.29, 0.717) is 18.0 Å². The van der Waals surface area contributed by atoms with Crippen molar-refractivity contribution in [2.75, 3.05) is 19.6 Å². The van der Waals surface area contributed by atoms with Gasteiger partial charge in [-0.1, -0.05) is 0 Å². The fraction of sp³-hybridized carbons (Fsp3) is 0.417. The van der Waals surface area contributed by atoms with Crippen molar-refractivity contribution < 1.29 is 9.18 Å². The normalized spacial score (nSPS) is 27.9. The molecule has 3 rings (SSSR count). The van der Waals surface area contributed by atoms with Crippen LogP contribution in [0.4, 0.5) is 4.39 Å². The van der Waals surface area contributed by atoms with Gasteiger partial charge in [-0.05, 0) is 29.7 Å². The molecule has 0 spiro atoms. The molecule has 84 valence electrons. The lowest BCUT2D eigenvalue weighted by Gasteiger charge is -2.15. The zero-order chi connectivity index (χ0) is 11.1. The van der Waals surface area contributed by atoms with E-state index in [9.17, 15) is 9.18 Å². The van der Waals surface area contributed by atoms with E-state index in [1.807, 2.05) is 0 Å². The van der Waals surface area contributed by atoms with E-state index in [4.69, 9.17) is 0 Å². The number of amides is 1. The van der Waals surface area contributed by atoms with Crippen molar-refractivity contribution in [2.45, 2.75) is 5.92 Å². The third kappa shape index (κ3) is 1.41. The van der Waals surface area contributed by atoms with Gasteiger partial charge in [-0.3, -0.25) is 4.79 Å². The van der Waals surface area contributed by atoms with Crippen LogP contribution in [0.3, 0.4) is 0 Å². The summed E-state index contributed by atoms with van der Waals surface area (Å²) in [5, 5.41) is 6.18. The molecule has 0 saturated carbocycles. The number of halogens is 1. The van der Waals surface area contributed by atoms with Crippen molar-refractivity contribution in [2.24, 2.45) is 5.92 Å². The van der Waals surface area contributed by atoms with Crippen LogP contribution in [0.15, 0.2) is 18.2 Å². The summed E-state index contributed by atoms with van der Waals surface area (Å²) in [6.45, 7) is 2.39. The van der Waals surface area contributed by atoms with Gasteiger partial charge in [0.1, 0.15) is 5.82 Å². The summed E-state index contributed by atoms with van der Waals surface area (Å²) in [7, 11) is 0. The second kappa shape index (κ2) is 3.56. The third-order valence-corrected chi connectivity index (χ3v) is 3.52. The van der Waals surface area contributed by atoms with Crippen molar-refractivity contribution in [3.63, 3.8) is 0 Å². The maximum Gasteiger partial charge on any atom is 0.251 e. The molecule has 0 aromatic heterocycles. The Bertz CT molecular complexity index is 447. The molecule has 0 bridgehead atoms. The number of fused-ring (bicyclic) bond motifs is 3. The first-order valence-corrected chi connectivity index (χ1v) is 5.54. The molecule has 2 N–H and O–H groups in total. The molecule has 0 radical (unpaired) electrons. The van der Waals surface area contributed by atoms with Crippen LogP contribution in [0.2, 0.25) is 0 Å². The minimum atomic E-state index is -0.265. The lowest BCUT2D eigenvalue weighted by atomic mass is 9.87. The van der Waals surface area contributed by atoms with E-state index in [1.54, 1.807) is 6.07 Å². The van der Waals surface area contributed by atoms with Gasteiger partial charge >= 0.3 is 0 Å². The maximum atomic E-state index is 13.3. The Morgan fingerprint density at radius 2 is 2.12 bits per heavy atom. The monoisotopic (exact) mass is 220 g/mol. The van der Waals surface area contributed by atoms with E-state index in [2.05, 4.69) is 10.6 Å². The zero-order valence-electron chi connectivity index (χ0n) is 8.79. The van der Waals surface area contributed by atoms with Gasteiger partial charge in [0.25, 0.3) is 5.91 Å². The first kappa shape index (κ1) is 9.78. The second-order valence-corrected chi connectivity index (χ2v) is 4.47. The van der Waals surface area contributed by atoms with E-state index in [1.165, 1.54) is 12.1 Å². The van der Waals surface area contributed by atoms with E-state index >= 15 is 0 Å². The number of hydrogen-bond acceptors (Lipinski definition) is 2. The second-order valence-electron chi connectivity index (χ2n) is 4.47. The minimum absolute atomic E-state index is 0.0793. The highest BCUT2D eigenvalue weighted by atomic mass is 19.1. The van der Waals surface area contributed by atoms with Crippen LogP contribution < -0.4 is 10.6 Å². The molecule has 1 fully saturated rings. The molecule has 2 aliphatic heterocycles. The Hall–Kier alpha value is -1.42. The molecule has 1 unspecified atom stereocenters. The van der Waals surface area contributed by atoms with Gasteiger partial charge in [-0.15, -0.1) is 0 Å². The van der Waals surface area contributed by atoms with Crippen LogP contribution in [0.25, 0.3) is 0 Å². The highest BCUT2D eigenvalue weighted by Gasteiger charge is 2.34. The van der Waals surface area contributed by atoms with Gasteiger partial charge in [0.2, 0.25) is 0 Å². The standard InChI is InChI=1S/C12H13FN2O/c13-8-1-2-9-10(3-8)11-6-14-4-7(11)5-15-12(9)16/h1-3,7,11,14H,4-6H2,(H,15,16)/t7-,11?/m0/s1. The molecular weight excluding hydrogens is 207 g/mol. The summed E-state index contributed by atoms with van der Waals surface area (Å²) >= 11 is 0. The average Bonchev–Trinajstić information content (AvgIpc) is 2.69. The fourth-order valence-electron chi connectivity index (χ4n) is 2.68. The van der Waals surface area contributed by atoms with Crippen molar-refractivity contribution in [3.05, 3.63) is 35.1 Å². The topological polar surface area (TPSA) is 41.1 Å². The van der Waals surface area contributed by atoms with Crippen LogP contribution in [-0.4, -0.2) is 25.5 Å². The van der Waals surface area contributed by atoms with E-state index in [0.717, 1.165) is 18.7 Å². The lowest BCUT2D eigenvalue weighted by Crippen LogP contribution is -2.28. The molecule has 1 saturated heterocycles. The van der Waals surface area contributed by atoms with Gasteiger partial charge < -0.3 is 10.6 Å². The molecule has 2 atom stereocenters. The molecule has 16 heavy (non-hydrogen) atoms. The number of nitrogens with one attached hydrogen (secondary N) is 2. The maximum absolute atomic E-state index is 13.3. The first-order chi connectivity index (χ1) is 7.75. The average molecular weight is 220 g/mol. The molecule has 0 aliphatic carbocycles. The number of rotatable bonds is 0. The molecule has 3 nitrogen and oxygen atoms in total. The number of benzene rings is 1. The fourth-order valence-corrected chi connectivity index (χ4v) is 2.68. The number of carbonyl (C=O) groups is 1. The van der Waals surface area contributed by atoms with Crippen LogP contribution >= 0.6 is 0 Å². The Morgan fingerprint density at radius 1 is 1.25 bits per heavy atom. The minimum Gasteiger partial charge on any atom is -0.352 e. The summed E-state index contributed by atoms with van der Waals surface area (Å²) in [5.74, 6) is 0.292. The summed E-state index contributed by atoms with van der Waals surface area (Å²) in [5.41, 5.74) is 1.47. The Labute approximate surface area is 93.0 Å². The molecular formula is C12H13FN2O. The van der Waals surface area contributed by atoms with Crippen molar-refractivity contribution in [1.82, 2.24) is 10.6 Å². The van der Waals surface area contributed by atoms with Gasteiger partial charge in [-0.2, -0.15) is 0 Å². The summed E-state index contributed by atoms with van der Waals surface area (Å²) in [4.78, 5) is 11.8. The van der Waals surface area contributed by atoms with Crippen molar-refractivity contribution in [3.8, 4) is 0 Å². The number of carbonyl (C=O) groups excluding carboxylic acids is 1. The van der Waals surface area contributed by atoms with Gasteiger partial charge in [0.15, 0.2) is 0 Å². The first-order valence-electron chi connectivity index (χ1n) is 5.54. The van der Waals surface area contributed by atoms with Crippen LogP contribution in [-0.2, 0) is 0 Å². The molecule has 4 heteroatoms. The molecule has 1 aromatic carbocycles. The van der Waals surface area contributed by atoms with Crippen LogP contribution in [0, 0.1) is 11.7 Å². The quantitative estimate of drug-likeness (QED) is 0.681. The Kier molecular flexibility index (Phi) is 2.17. The third-order valence-electron chi connectivity index (χ3n) is 3.52. The Balaban J connectivity index is 2.13. The van der Waals surface area contributed by atoms with Crippen LogP contribution in [0.5, 0.6) is 0 Å². The van der Waals surface area contributed by atoms with Gasteiger partial charge in [0, 0.05) is 31.1 Å². The highest BCUT2D eigenvalue weighted by Crippen LogP contribution is 2.32. The summed E-state index contributed by atoms with van der Waals surface area (Å²) in [6.07, 6.45) is 0. The molecule has 2 heterocycles. The van der Waals surface area contributed by atoms with Crippen molar-refractivity contribution >= 4 is 5.91 Å². The number of hydrogen-bond donors (Lipinski definition) is 2. The highest BCUT2D eigenvalue weighted by molar-refractivity contribution is 5.96. The van der Waals surface area contributed by atoms with Gasteiger partial charge in [-0.25, -0.2) is 4.39 Å². The van der Waals surface area contributed by atoms with E-state index in [-0.39, 0.29) is 17.6 Å². The lowest BCUT2D eigenvalue weighted by molar-refractivity contribution is 0.0952. The largest absolute Gasteiger partial charge is 0.352 e. The van der Waals surface area contributed by atoms with Gasteiger partial charge in [0.05, 0.1) is 0 Å². The predicted octanol–water partition coefficient (Wildman–Crippen LogP) is 0.872. The summed E-state index contributed by atoms with van der Waals surface area (Å²) in [6, 6.07) is 4.44. The molecule has 1 aromatic rings. The smallest absolute Gasteiger partial charge is 0.251 e. The molecule has 2 aliphatic rings. The zero-order valence-corrected chi connectivity index (χ0v) is 8.79. The van der Waals surface area contributed by atoms with Crippen LogP contribution in [0.1, 0.15) is 21.8 Å². The van der Waals surface area contributed by atoms with Crippen molar-refractivity contribution in [1.29, 1.82) is 0 Å². The SMILES string of the molecule is O=C1NC[C@@H]2CNCC2c2cc(F)ccc21.